The summed E-state index contributed by atoms with van der Waals surface area (Å²) in [5, 5.41) is 6.22. The van der Waals surface area contributed by atoms with Crippen LogP contribution in [0.3, 0.4) is 0 Å². The topological polar surface area (TPSA) is 41.1 Å². The van der Waals surface area contributed by atoms with Gasteiger partial charge in [0.2, 0.25) is 5.91 Å². The molecule has 2 rings (SSSR count). The van der Waals surface area contributed by atoms with E-state index in [1.54, 1.807) is 0 Å². The number of hydrogen-bond donors (Lipinski definition) is 2. The maximum Gasteiger partial charge on any atom is 0.227 e. The second kappa shape index (κ2) is 9.80. The highest BCUT2D eigenvalue weighted by Gasteiger charge is 2.19. The summed E-state index contributed by atoms with van der Waals surface area (Å²) in [7, 11) is 1.93. The minimum Gasteiger partial charge on any atom is -0.326 e. The van der Waals surface area contributed by atoms with Crippen molar-refractivity contribution in [3.8, 4) is 0 Å². The van der Waals surface area contributed by atoms with E-state index in [2.05, 4.69) is 22.8 Å². The summed E-state index contributed by atoms with van der Waals surface area (Å²) < 4.78 is 0. The van der Waals surface area contributed by atoms with Gasteiger partial charge in [-0.15, -0.1) is 12.4 Å². The summed E-state index contributed by atoms with van der Waals surface area (Å²) in [4.78, 5) is 12.4. The van der Waals surface area contributed by atoms with Crippen LogP contribution in [0.5, 0.6) is 0 Å². The van der Waals surface area contributed by atoms with Crippen LogP contribution in [0.25, 0.3) is 0 Å². The average molecular weight is 311 g/mol. The zero-order valence-electron chi connectivity index (χ0n) is 12.9. The van der Waals surface area contributed by atoms with Crippen LogP contribution in [0.4, 0.5) is 5.69 Å². The fourth-order valence-electron chi connectivity index (χ4n) is 2.93. The van der Waals surface area contributed by atoms with Crippen molar-refractivity contribution in [2.75, 3.05) is 12.4 Å². The molecule has 1 aliphatic rings. The van der Waals surface area contributed by atoms with Crippen LogP contribution in [0.2, 0.25) is 0 Å². The summed E-state index contributed by atoms with van der Waals surface area (Å²) in [6.07, 6.45) is 8.36. The number of amides is 1. The standard InChI is InChI=1S/C17H26N2O.ClH/c1-18-13-14-8-7-11-16(12-14)19-17(20)15-9-5-3-2-4-6-10-15;/h7-8,11-12,15,18H,2-6,9-10,13H2,1H3,(H,19,20);1H. The number of anilines is 1. The third-order valence-corrected chi connectivity index (χ3v) is 4.05. The van der Waals surface area contributed by atoms with Gasteiger partial charge in [0, 0.05) is 18.2 Å². The van der Waals surface area contributed by atoms with Gasteiger partial charge < -0.3 is 10.6 Å². The maximum absolute atomic E-state index is 12.4. The Morgan fingerprint density at radius 1 is 1.14 bits per heavy atom. The summed E-state index contributed by atoms with van der Waals surface area (Å²) in [5.74, 6) is 0.400. The lowest BCUT2D eigenvalue weighted by atomic mass is 9.90. The lowest BCUT2D eigenvalue weighted by molar-refractivity contribution is -0.120. The number of carbonyl (C=O) groups is 1. The summed E-state index contributed by atoms with van der Waals surface area (Å²) >= 11 is 0. The zero-order chi connectivity index (χ0) is 14.2. The molecule has 0 aliphatic heterocycles. The van der Waals surface area contributed by atoms with E-state index >= 15 is 0 Å². The third kappa shape index (κ3) is 6.06. The van der Waals surface area contributed by atoms with Crippen molar-refractivity contribution < 1.29 is 4.79 Å². The molecule has 21 heavy (non-hydrogen) atoms. The third-order valence-electron chi connectivity index (χ3n) is 4.05. The normalized spacial score (nSPS) is 16.4. The van der Waals surface area contributed by atoms with Crippen molar-refractivity contribution in [2.24, 2.45) is 5.92 Å². The fourth-order valence-corrected chi connectivity index (χ4v) is 2.93. The van der Waals surface area contributed by atoms with Gasteiger partial charge in [0.05, 0.1) is 0 Å². The molecule has 2 N–H and O–H groups in total. The Labute approximate surface area is 134 Å². The molecule has 0 radical (unpaired) electrons. The minimum atomic E-state index is 0. The van der Waals surface area contributed by atoms with E-state index < -0.39 is 0 Å². The predicted molar refractivity (Wildman–Crippen MR) is 90.9 cm³/mol. The van der Waals surface area contributed by atoms with Crippen molar-refractivity contribution >= 4 is 24.0 Å². The van der Waals surface area contributed by atoms with Gasteiger partial charge in [0.15, 0.2) is 0 Å². The highest BCUT2D eigenvalue weighted by molar-refractivity contribution is 5.92. The molecular weight excluding hydrogens is 284 g/mol. The Morgan fingerprint density at radius 3 is 2.48 bits per heavy atom. The van der Waals surface area contributed by atoms with Crippen molar-refractivity contribution in [3.63, 3.8) is 0 Å². The molecule has 0 saturated heterocycles. The quantitative estimate of drug-likeness (QED) is 0.878. The highest BCUT2D eigenvalue weighted by atomic mass is 35.5. The Kier molecular flexibility index (Phi) is 8.40. The van der Waals surface area contributed by atoms with Gasteiger partial charge in [0.1, 0.15) is 0 Å². The molecule has 0 bridgehead atoms. The van der Waals surface area contributed by atoms with Crippen molar-refractivity contribution in [1.29, 1.82) is 0 Å². The van der Waals surface area contributed by atoms with Gasteiger partial charge in [-0.05, 0) is 37.6 Å². The number of hydrogen-bond acceptors (Lipinski definition) is 2. The highest BCUT2D eigenvalue weighted by Crippen LogP contribution is 2.23. The lowest BCUT2D eigenvalue weighted by Gasteiger charge is -2.19. The lowest BCUT2D eigenvalue weighted by Crippen LogP contribution is -2.23. The molecule has 0 spiro atoms. The molecule has 0 unspecified atom stereocenters. The first-order chi connectivity index (χ1) is 9.79. The second-order valence-corrected chi connectivity index (χ2v) is 5.76. The van der Waals surface area contributed by atoms with E-state index in [0.29, 0.717) is 0 Å². The van der Waals surface area contributed by atoms with Gasteiger partial charge in [-0.2, -0.15) is 0 Å². The molecule has 1 aliphatic carbocycles. The monoisotopic (exact) mass is 310 g/mol. The van der Waals surface area contributed by atoms with Crippen LogP contribution in [0.1, 0.15) is 50.5 Å². The summed E-state index contributed by atoms with van der Waals surface area (Å²) in [5.41, 5.74) is 2.12. The minimum absolute atomic E-state index is 0. The number of nitrogens with one attached hydrogen (secondary N) is 2. The maximum atomic E-state index is 12.4. The van der Waals surface area contributed by atoms with Gasteiger partial charge in [0.25, 0.3) is 0 Å². The van der Waals surface area contributed by atoms with Crippen LogP contribution in [0, 0.1) is 5.92 Å². The molecular formula is C17H27ClN2O. The predicted octanol–water partition coefficient (Wildman–Crippen LogP) is 4.13. The van der Waals surface area contributed by atoms with Crippen LogP contribution in [0.15, 0.2) is 24.3 Å². The first-order valence-electron chi connectivity index (χ1n) is 7.84. The Morgan fingerprint density at radius 2 is 1.81 bits per heavy atom. The van der Waals surface area contributed by atoms with Crippen LogP contribution >= 0.6 is 12.4 Å². The first kappa shape index (κ1) is 18.0. The van der Waals surface area contributed by atoms with Crippen LogP contribution in [-0.4, -0.2) is 13.0 Å². The second-order valence-electron chi connectivity index (χ2n) is 5.76. The van der Waals surface area contributed by atoms with Crippen LogP contribution in [-0.2, 0) is 11.3 Å². The molecule has 1 aromatic carbocycles. The van der Waals surface area contributed by atoms with E-state index in [9.17, 15) is 4.79 Å². The SMILES string of the molecule is CNCc1cccc(NC(=O)C2CCCCCCC2)c1.Cl. The summed E-state index contributed by atoms with van der Waals surface area (Å²) in [6.45, 7) is 0.827. The van der Waals surface area contributed by atoms with Crippen LogP contribution < -0.4 is 10.6 Å². The van der Waals surface area contributed by atoms with Crippen molar-refractivity contribution in [1.82, 2.24) is 5.32 Å². The van der Waals surface area contributed by atoms with Gasteiger partial charge in [-0.1, -0.05) is 44.2 Å². The summed E-state index contributed by atoms with van der Waals surface area (Å²) in [6, 6.07) is 8.10. The molecule has 4 heteroatoms. The average Bonchev–Trinajstić information content (AvgIpc) is 2.38. The zero-order valence-corrected chi connectivity index (χ0v) is 13.7. The van der Waals surface area contributed by atoms with Gasteiger partial charge in [-0.25, -0.2) is 0 Å². The van der Waals surface area contributed by atoms with Gasteiger partial charge in [-0.3, -0.25) is 4.79 Å². The number of benzene rings is 1. The Bertz CT molecular complexity index is 429. The molecule has 118 valence electrons. The van der Waals surface area contributed by atoms with E-state index in [1.165, 1.54) is 37.7 Å². The fraction of sp³-hybridized carbons (Fsp3) is 0.588. The van der Waals surface area contributed by atoms with Crippen molar-refractivity contribution in [2.45, 2.75) is 51.5 Å². The largest absolute Gasteiger partial charge is 0.326 e. The smallest absolute Gasteiger partial charge is 0.227 e. The van der Waals surface area contributed by atoms with Gasteiger partial charge >= 0.3 is 0 Å². The molecule has 0 atom stereocenters. The Hall–Kier alpha value is -1.06. The molecule has 3 nitrogen and oxygen atoms in total. The van der Waals surface area contributed by atoms with E-state index in [4.69, 9.17) is 0 Å². The molecule has 0 aromatic heterocycles. The molecule has 1 aromatic rings. The first-order valence-corrected chi connectivity index (χ1v) is 7.84. The number of carbonyl (C=O) groups excluding carboxylic acids is 1. The molecule has 1 amide bonds. The number of rotatable bonds is 4. The Balaban J connectivity index is 0.00000220. The molecule has 1 saturated carbocycles. The number of halogens is 1. The van der Waals surface area contributed by atoms with E-state index in [-0.39, 0.29) is 24.2 Å². The van der Waals surface area contributed by atoms with E-state index in [0.717, 1.165) is 25.1 Å². The van der Waals surface area contributed by atoms with E-state index in [1.807, 2.05) is 19.2 Å². The van der Waals surface area contributed by atoms with Crippen molar-refractivity contribution in [3.05, 3.63) is 29.8 Å². The molecule has 0 heterocycles. The molecule has 1 fully saturated rings.